The molecule has 26 heavy (non-hydrogen) atoms. The number of carboxylic acids is 1. The summed E-state index contributed by atoms with van der Waals surface area (Å²) in [6.07, 6.45) is 6.72. The van der Waals surface area contributed by atoms with Crippen molar-refractivity contribution in [2.45, 2.75) is 45.4 Å². The molecule has 2 heteroatoms. The fraction of sp³-hybridized carbons (Fsp3) is 0.292. The average molecular weight is 346 g/mol. The molecule has 0 bridgehead atoms. The smallest absolute Gasteiger partial charge is 0.335 e. The van der Waals surface area contributed by atoms with Crippen molar-refractivity contribution in [3.05, 3.63) is 82.4 Å². The Morgan fingerprint density at radius 3 is 1.96 bits per heavy atom. The second kappa shape index (κ2) is 6.28. The molecule has 0 fully saturated rings. The molecule has 3 rings (SSSR count). The molecule has 0 heterocycles. The van der Waals surface area contributed by atoms with Gasteiger partial charge in [0.2, 0.25) is 0 Å². The number of fused-ring (bicyclic) bond motifs is 1. The van der Waals surface area contributed by atoms with E-state index in [1.807, 2.05) is 12.1 Å². The third-order valence-electron chi connectivity index (χ3n) is 5.32. The van der Waals surface area contributed by atoms with Gasteiger partial charge in [0, 0.05) is 10.8 Å². The first-order chi connectivity index (χ1) is 12.1. The molecule has 0 amide bonds. The Balaban J connectivity index is 1.99. The van der Waals surface area contributed by atoms with E-state index in [1.54, 1.807) is 12.1 Å². The van der Waals surface area contributed by atoms with Crippen LogP contribution in [0, 0.1) is 0 Å². The maximum absolute atomic E-state index is 11.0. The lowest BCUT2D eigenvalue weighted by Crippen LogP contribution is -2.29. The molecule has 134 valence electrons. The van der Waals surface area contributed by atoms with Gasteiger partial charge >= 0.3 is 5.97 Å². The molecule has 0 unspecified atom stereocenters. The second-order valence-corrected chi connectivity index (χ2v) is 8.29. The average Bonchev–Trinajstić information content (AvgIpc) is 2.59. The number of carbonyl (C=O) groups is 1. The Labute approximate surface area is 155 Å². The van der Waals surface area contributed by atoms with Gasteiger partial charge in [0.1, 0.15) is 0 Å². The van der Waals surface area contributed by atoms with Gasteiger partial charge in [0.25, 0.3) is 0 Å². The molecule has 0 radical (unpaired) electrons. The van der Waals surface area contributed by atoms with Crippen LogP contribution in [0.1, 0.15) is 67.2 Å². The molecule has 0 atom stereocenters. The molecule has 0 saturated carbocycles. The van der Waals surface area contributed by atoms with E-state index in [9.17, 15) is 4.79 Å². The molecular formula is C24H26O2. The SMILES string of the molecule is CC(=Cc1ccc(C(=O)O)cc1)c1ccc2c(c1)C(C)(C)C=CC2(C)C. The lowest BCUT2D eigenvalue weighted by molar-refractivity contribution is 0.0697. The van der Waals surface area contributed by atoms with Crippen LogP contribution in [0.4, 0.5) is 0 Å². The summed E-state index contributed by atoms with van der Waals surface area (Å²) >= 11 is 0. The van der Waals surface area contributed by atoms with E-state index in [1.165, 1.54) is 22.3 Å². The molecule has 0 spiro atoms. The summed E-state index contributed by atoms with van der Waals surface area (Å²) in [5.74, 6) is -0.898. The fourth-order valence-corrected chi connectivity index (χ4v) is 3.54. The highest BCUT2D eigenvalue weighted by molar-refractivity contribution is 5.88. The first kappa shape index (κ1) is 18.2. The van der Waals surface area contributed by atoms with Gasteiger partial charge in [-0.15, -0.1) is 0 Å². The first-order valence-electron chi connectivity index (χ1n) is 8.98. The summed E-state index contributed by atoms with van der Waals surface area (Å²) in [7, 11) is 0. The molecule has 0 aromatic heterocycles. The Bertz CT molecular complexity index is 910. The highest BCUT2D eigenvalue weighted by Gasteiger charge is 2.32. The topological polar surface area (TPSA) is 37.3 Å². The normalized spacial score (nSPS) is 17.7. The van der Waals surface area contributed by atoms with E-state index < -0.39 is 5.97 Å². The Morgan fingerprint density at radius 2 is 1.38 bits per heavy atom. The number of hydrogen-bond acceptors (Lipinski definition) is 1. The highest BCUT2D eigenvalue weighted by atomic mass is 16.4. The van der Waals surface area contributed by atoms with Gasteiger partial charge in [-0.3, -0.25) is 0 Å². The van der Waals surface area contributed by atoms with Crippen molar-refractivity contribution in [3.63, 3.8) is 0 Å². The molecule has 0 saturated heterocycles. The number of hydrogen-bond donors (Lipinski definition) is 1. The number of rotatable bonds is 3. The minimum atomic E-state index is -0.898. The van der Waals surface area contributed by atoms with Gasteiger partial charge < -0.3 is 5.11 Å². The van der Waals surface area contributed by atoms with Crippen LogP contribution in [-0.2, 0) is 10.8 Å². The Kier molecular flexibility index (Phi) is 4.39. The van der Waals surface area contributed by atoms with Gasteiger partial charge in [-0.05, 0) is 46.9 Å². The minimum Gasteiger partial charge on any atom is -0.478 e. The van der Waals surface area contributed by atoms with Crippen molar-refractivity contribution < 1.29 is 9.90 Å². The van der Waals surface area contributed by atoms with Crippen LogP contribution in [0.2, 0.25) is 0 Å². The number of benzene rings is 2. The Morgan fingerprint density at radius 1 is 0.846 bits per heavy atom. The largest absolute Gasteiger partial charge is 0.478 e. The summed E-state index contributed by atoms with van der Waals surface area (Å²) in [6.45, 7) is 11.1. The van der Waals surface area contributed by atoms with Gasteiger partial charge in [0.15, 0.2) is 0 Å². The van der Waals surface area contributed by atoms with Crippen molar-refractivity contribution in [3.8, 4) is 0 Å². The molecule has 2 nitrogen and oxygen atoms in total. The zero-order valence-electron chi connectivity index (χ0n) is 16.1. The molecule has 0 aliphatic heterocycles. The maximum Gasteiger partial charge on any atom is 0.335 e. The van der Waals surface area contributed by atoms with Gasteiger partial charge in [0.05, 0.1) is 5.56 Å². The van der Waals surface area contributed by atoms with Crippen molar-refractivity contribution >= 4 is 17.6 Å². The maximum atomic E-state index is 11.0. The van der Waals surface area contributed by atoms with Crippen LogP contribution >= 0.6 is 0 Å². The van der Waals surface area contributed by atoms with Crippen molar-refractivity contribution in [2.24, 2.45) is 0 Å². The van der Waals surface area contributed by atoms with Gasteiger partial charge in [-0.2, -0.15) is 0 Å². The van der Waals surface area contributed by atoms with Crippen LogP contribution in [0.25, 0.3) is 11.6 Å². The van der Waals surface area contributed by atoms with E-state index in [4.69, 9.17) is 5.11 Å². The van der Waals surface area contributed by atoms with Crippen LogP contribution in [-0.4, -0.2) is 11.1 Å². The van der Waals surface area contributed by atoms with Crippen molar-refractivity contribution in [1.29, 1.82) is 0 Å². The van der Waals surface area contributed by atoms with E-state index in [0.29, 0.717) is 5.56 Å². The second-order valence-electron chi connectivity index (χ2n) is 8.29. The van der Waals surface area contributed by atoms with Crippen LogP contribution in [0.3, 0.4) is 0 Å². The molecule has 2 aromatic carbocycles. The summed E-state index contributed by atoms with van der Waals surface area (Å²) in [4.78, 5) is 11.0. The Hall–Kier alpha value is -2.61. The zero-order valence-corrected chi connectivity index (χ0v) is 16.1. The summed E-state index contributed by atoms with van der Waals surface area (Å²) in [6, 6.07) is 13.7. The molecular weight excluding hydrogens is 320 g/mol. The quantitative estimate of drug-likeness (QED) is 0.541. The van der Waals surface area contributed by atoms with E-state index in [0.717, 1.165) is 5.56 Å². The standard InChI is InChI=1S/C24H26O2/c1-16(14-17-6-8-18(9-7-17)22(25)26)19-10-11-20-21(15-19)24(4,5)13-12-23(20,2)3/h6-15H,1-5H3,(H,25,26). The predicted molar refractivity (Wildman–Crippen MR) is 109 cm³/mol. The minimum absolute atomic E-state index is 0.0181. The van der Waals surface area contributed by atoms with Crippen LogP contribution in [0.15, 0.2) is 54.6 Å². The third kappa shape index (κ3) is 3.37. The summed E-state index contributed by atoms with van der Waals surface area (Å²) in [5.41, 5.74) is 6.50. The zero-order chi connectivity index (χ0) is 19.1. The van der Waals surface area contributed by atoms with Gasteiger partial charge in [-0.1, -0.05) is 76.3 Å². The van der Waals surface area contributed by atoms with E-state index >= 15 is 0 Å². The monoisotopic (exact) mass is 346 g/mol. The van der Waals surface area contributed by atoms with Crippen molar-refractivity contribution in [2.75, 3.05) is 0 Å². The van der Waals surface area contributed by atoms with Crippen molar-refractivity contribution in [1.82, 2.24) is 0 Å². The first-order valence-corrected chi connectivity index (χ1v) is 8.98. The fourth-order valence-electron chi connectivity index (χ4n) is 3.54. The third-order valence-corrected chi connectivity index (χ3v) is 5.32. The lowest BCUT2D eigenvalue weighted by Gasteiger charge is -2.37. The van der Waals surface area contributed by atoms with E-state index in [-0.39, 0.29) is 10.8 Å². The number of aromatic carboxylic acids is 1. The molecule has 1 aliphatic carbocycles. The van der Waals surface area contributed by atoms with Gasteiger partial charge in [-0.25, -0.2) is 4.79 Å². The molecule has 2 aromatic rings. The van der Waals surface area contributed by atoms with E-state index in [2.05, 4.69) is 71.0 Å². The predicted octanol–water partition coefficient (Wildman–Crippen LogP) is 6.07. The van der Waals surface area contributed by atoms with Crippen LogP contribution in [0.5, 0.6) is 0 Å². The molecule has 1 N–H and O–H groups in total. The molecule has 1 aliphatic rings. The summed E-state index contributed by atoms with van der Waals surface area (Å²) < 4.78 is 0. The highest BCUT2D eigenvalue weighted by Crippen LogP contribution is 2.42. The number of allylic oxidation sites excluding steroid dienone is 3. The lowest BCUT2D eigenvalue weighted by atomic mass is 9.67. The van der Waals surface area contributed by atoms with Crippen LogP contribution < -0.4 is 0 Å². The summed E-state index contributed by atoms with van der Waals surface area (Å²) in [5, 5.41) is 9.02. The number of carboxylic acid groups (broad SMARTS) is 1.